The largest absolute Gasteiger partial charge is 0.322 e. The first-order valence-electron chi connectivity index (χ1n) is 8.64. The number of hydrogen-bond donors (Lipinski definition) is 1. The van der Waals surface area contributed by atoms with Crippen molar-refractivity contribution in [3.63, 3.8) is 0 Å². The van der Waals surface area contributed by atoms with Crippen LogP contribution in [0.4, 0.5) is 11.4 Å². The molecule has 4 rings (SSSR count). The Morgan fingerprint density at radius 3 is 2.79 bits per heavy atom. The van der Waals surface area contributed by atoms with E-state index in [2.05, 4.69) is 26.2 Å². The molecule has 0 aliphatic carbocycles. The monoisotopic (exact) mass is 455 g/mol. The van der Waals surface area contributed by atoms with E-state index in [0.29, 0.717) is 28.4 Å². The lowest BCUT2D eigenvalue weighted by molar-refractivity contribution is 0.0987. The molecule has 0 fully saturated rings. The van der Waals surface area contributed by atoms with Crippen molar-refractivity contribution in [2.45, 2.75) is 6.42 Å². The molecule has 0 saturated heterocycles. The van der Waals surface area contributed by atoms with Crippen molar-refractivity contribution in [1.82, 2.24) is 4.98 Å². The van der Waals surface area contributed by atoms with Gasteiger partial charge >= 0.3 is 0 Å². The van der Waals surface area contributed by atoms with Crippen LogP contribution in [0.25, 0.3) is 0 Å². The van der Waals surface area contributed by atoms with Crippen molar-refractivity contribution < 1.29 is 9.59 Å². The van der Waals surface area contributed by atoms with Gasteiger partial charge in [-0.2, -0.15) is 0 Å². The van der Waals surface area contributed by atoms with Gasteiger partial charge < -0.3 is 10.2 Å². The van der Waals surface area contributed by atoms with Crippen LogP contribution in [0, 0.1) is 0 Å². The van der Waals surface area contributed by atoms with Gasteiger partial charge in [0.25, 0.3) is 11.8 Å². The third-order valence-corrected chi connectivity index (χ3v) is 5.39. The Balaban J connectivity index is 1.59. The molecular weight excluding hydrogens is 442 g/mol. The molecule has 0 radical (unpaired) electrons. The second-order valence-corrected chi connectivity index (χ2v) is 7.69. The Kier molecular flexibility index (Phi) is 5.15. The summed E-state index contributed by atoms with van der Waals surface area (Å²) in [6.07, 6.45) is 3.96. The van der Waals surface area contributed by atoms with Gasteiger partial charge in [-0.25, -0.2) is 0 Å². The molecule has 1 aromatic heterocycles. The van der Waals surface area contributed by atoms with Crippen LogP contribution in [-0.2, 0) is 6.42 Å². The molecule has 7 heteroatoms. The molecule has 1 N–H and O–H groups in total. The Morgan fingerprint density at radius 1 is 1.14 bits per heavy atom. The van der Waals surface area contributed by atoms with Gasteiger partial charge in [0.05, 0.1) is 16.1 Å². The summed E-state index contributed by atoms with van der Waals surface area (Å²) in [4.78, 5) is 31.2. The highest BCUT2D eigenvalue weighted by molar-refractivity contribution is 9.10. The number of carbonyl (C=O) groups is 2. The summed E-state index contributed by atoms with van der Waals surface area (Å²) < 4.78 is 0.768. The number of anilines is 2. The fraction of sp³-hybridized carbons (Fsp3) is 0.0952. The maximum Gasteiger partial charge on any atom is 0.259 e. The van der Waals surface area contributed by atoms with E-state index in [1.165, 1.54) is 0 Å². The number of hydrogen-bond acceptors (Lipinski definition) is 3. The fourth-order valence-corrected chi connectivity index (χ4v) is 3.75. The maximum atomic E-state index is 12.8. The van der Waals surface area contributed by atoms with Gasteiger partial charge in [0.2, 0.25) is 0 Å². The van der Waals surface area contributed by atoms with Gasteiger partial charge in [0.1, 0.15) is 0 Å². The number of carbonyl (C=O) groups excluding carboxylic acids is 2. The Morgan fingerprint density at radius 2 is 2.00 bits per heavy atom. The van der Waals surface area contributed by atoms with Crippen molar-refractivity contribution in [3.05, 3.63) is 87.1 Å². The van der Waals surface area contributed by atoms with Crippen LogP contribution in [0.1, 0.15) is 26.3 Å². The zero-order chi connectivity index (χ0) is 19.7. The van der Waals surface area contributed by atoms with Crippen molar-refractivity contribution in [3.8, 4) is 0 Å². The number of pyridine rings is 1. The lowest BCUT2D eigenvalue weighted by atomic mass is 10.1. The topological polar surface area (TPSA) is 62.3 Å². The number of nitrogens with zero attached hydrogens (tertiary/aromatic N) is 2. The lowest BCUT2D eigenvalue weighted by Gasteiger charge is -2.18. The average molecular weight is 457 g/mol. The molecule has 3 aromatic rings. The molecule has 0 atom stereocenters. The number of benzene rings is 2. The second-order valence-electron chi connectivity index (χ2n) is 6.37. The summed E-state index contributed by atoms with van der Waals surface area (Å²) in [5.41, 5.74) is 3.37. The summed E-state index contributed by atoms with van der Waals surface area (Å²) in [6, 6.07) is 14.2. The number of nitrogens with one attached hydrogen (secondary N) is 1. The minimum Gasteiger partial charge on any atom is -0.322 e. The van der Waals surface area contributed by atoms with Gasteiger partial charge in [-0.15, -0.1) is 0 Å². The van der Waals surface area contributed by atoms with E-state index < -0.39 is 0 Å². The molecule has 1 aliphatic heterocycles. The molecule has 0 unspecified atom stereocenters. The average Bonchev–Trinajstić information content (AvgIpc) is 3.13. The van der Waals surface area contributed by atoms with Crippen molar-refractivity contribution in [2.24, 2.45) is 0 Å². The first-order chi connectivity index (χ1) is 13.5. The lowest BCUT2D eigenvalue weighted by Crippen LogP contribution is -2.29. The molecule has 5 nitrogen and oxygen atoms in total. The van der Waals surface area contributed by atoms with Crippen LogP contribution >= 0.6 is 27.5 Å². The zero-order valence-corrected chi connectivity index (χ0v) is 17.0. The summed E-state index contributed by atoms with van der Waals surface area (Å²) in [7, 11) is 0. The molecule has 0 spiro atoms. The smallest absolute Gasteiger partial charge is 0.259 e. The van der Waals surface area contributed by atoms with Crippen LogP contribution in [-0.4, -0.2) is 23.3 Å². The van der Waals surface area contributed by atoms with E-state index in [9.17, 15) is 9.59 Å². The highest BCUT2D eigenvalue weighted by Gasteiger charge is 2.26. The first kappa shape index (κ1) is 18.7. The van der Waals surface area contributed by atoms with Crippen molar-refractivity contribution >= 4 is 50.7 Å². The predicted molar refractivity (Wildman–Crippen MR) is 113 cm³/mol. The fourth-order valence-electron chi connectivity index (χ4n) is 3.18. The summed E-state index contributed by atoms with van der Waals surface area (Å²) in [5.74, 6) is -0.417. The molecule has 28 heavy (non-hydrogen) atoms. The third-order valence-electron chi connectivity index (χ3n) is 4.57. The van der Waals surface area contributed by atoms with E-state index in [1.54, 1.807) is 47.6 Å². The normalized spacial score (nSPS) is 12.6. The van der Waals surface area contributed by atoms with Crippen molar-refractivity contribution in [1.29, 1.82) is 0 Å². The molecule has 0 saturated carbocycles. The van der Waals surface area contributed by atoms with Crippen LogP contribution in [0.5, 0.6) is 0 Å². The van der Waals surface area contributed by atoms with E-state index in [4.69, 9.17) is 11.6 Å². The van der Waals surface area contributed by atoms with Crippen LogP contribution in [0.15, 0.2) is 65.4 Å². The van der Waals surface area contributed by atoms with Crippen LogP contribution in [0.3, 0.4) is 0 Å². The van der Waals surface area contributed by atoms with E-state index in [1.807, 2.05) is 18.2 Å². The highest BCUT2D eigenvalue weighted by atomic mass is 79.9. The zero-order valence-electron chi connectivity index (χ0n) is 14.7. The molecular formula is C21H15BrClN3O2. The van der Waals surface area contributed by atoms with Gasteiger partial charge in [0, 0.05) is 34.8 Å². The quantitative estimate of drug-likeness (QED) is 0.606. The van der Waals surface area contributed by atoms with Crippen molar-refractivity contribution in [2.75, 3.05) is 16.8 Å². The van der Waals surface area contributed by atoms with Crippen LogP contribution in [0.2, 0.25) is 5.02 Å². The predicted octanol–water partition coefficient (Wildman–Crippen LogP) is 4.95. The second kappa shape index (κ2) is 7.73. The summed E-state index contributed by atoms with van der Waals surface area (Å²) in [5, 5.41) is 3.23. The standard InChI is InChI=1S/C21H15BrClN3O2/c22-15-4-6-18(23)17(10-15)20(27)25-16-5-3-13-7-9-26(19(13)11-16)21(28)14-2-1-8-24-12-14/h1-6,8,10-12H,7,9H2,(H,25,27). The van der Waals surface area contributed by atoms with Gasteiger partial charge in [-0.05, 0) is 54.4 Å². The molecule has 2 aromatic carbocycles. The minimum atomic E-state index is -0.311. The number of amides is 2. The Labute approximate surface area is 175 Å². The van der Waals surface area contributed by atoms with Gasteiger partial charge in [-0.3, -0.25) is 14.6 Å². The number of halogens is 2. The molecule has 2 heterocycles. The number of fused-ring (bicyclic) bond motifs is 1. The summed E-state index contributed by atoms with van der Waals surface area (Å²) >= 11 is 9.49. The Hall–Kier alpha value is -2.70. The molecule has 0 bridgehead atoms. The molecule has 140 valence electrons. The minimum absolute atomic E-state index is 0.106. The van der Waals surface area contributed by atoms with E-state index in [0.717, 1.165) is 22.1 Å². The van der Waals surface area contributed by atoms with Crippen LogP contribution < -0.4 is 10.2 Å². The summed E-state index contributed by atoms with van der Waals surface area (Å²) in [6.45, 7) is 0.595. The highest BCUT2D eigenvalue weighted by Crippen LogP contribution is 2.32. The van der Waals surface area contributed by atoms with Gasteiger partial charge in [0.15, 0.2) is 0 Å². The van der Waals surface area contributed by atoms with E-state index in [-0.39, 0.29) is 11.8 Å². The Bertz CT molecular complexity index is 1070. The van der Waals surface area contributed by atoms with E-state index >= 15 is 0 Å². The maximum absolute atomic E-state index is 12.8. The molecule has 2 amide bonds. The van der Waals surface area contributed by atoms with Gasteiger partial charge in [-0.1, -0.05) is 33.6 Å². The number of aromatic nitrogens is 1. The number of rotatable bonds is 3. The third kappa shape index (κ3) is 3.66. The first-order valence-corrected chi connectivity index (χ1v) is 9.81. The SMILES string of the molecule is O=C(Nc1ccc2c(c1)N(C(=O)c1cccnc1)CC2)c1cc(Br)ccc1Cl. The molecule has 1 aliphatic rings.